The summed E-state index contributed by atoms with van der Waals surface area (Å²) in [6.45, 7) is -0.0297. The summed E-state index contributed by atoms with van der Waals surface area (Å²) in [5, 5.41) is 2.94. The highest BCUT2D eigenvalue weighted by Gasteiger charge is 2.32. The van der Waals surface area contributed by atoms with Crippen molar-refractivity contribution in [2.45, 2.75) is 32.1 Å². The van der Waals surface area contributed by atoms with Crippen LogP contribution in [0.1, 0.15) is 22.4 Å². The third-order valence-corrected chi connectivity index (χ3v) is 7.82. The van der Waals surface area contributed by atoms with E-state index in [-0.39, 0.29) is 32.0 Å². The Labute approximate surface area is 241 Å². The maximum absolute atomic E-state index is 14.0. The van der Waals surface area contributed by atoms with Crippen LogP contribution in [0.5, 0.6) is 0 Å². The van der Waals surface area contributed by atoms with E-state index < -0.39 is 28.5 Å². The molecule has 0 fully saturated rings. The summed E-state index contributed by atoms with van der Waals surface area (Å²) in [7, 11) is -3.74. The zero-order valence-corrected chi connectivity index (χ0v) is 23.8. The molecule has 1 atom stereocenters. The van der Waals surface area contributed by atoms with Gasteiger partial charge in [-0.3, -0.25) is 14.6 Å². The van der Waals surface area contributed by atoms with E-state index in [0.29, 0.717) is 5.69 Å². The first-order valence-electron chi connectivity index (χ1n) is 13.3. The second-order valence-corrected chi connectivity index (χ2v) is 11.8. The molecule has 4 rings (SSSR count). The molecule has 8 nitrogen and oxygen atoms in total. The number of carbonyl (C=O) groups is 2. The summed E-state index contributed by atoms with van der Waals surface area (Å²) >= 11 is 0. The molecule has 0 aliphatic heterocycles. The predicted octanol–water partition coefficient (Wildman–Crippen LogP) is 3.80. The van der Waals surface area contributed by atoms with E-state index in [4.69, 9.17) is 0 Å². The van der Waals surface area contributed by atoms with Gasteiger partial charge < -0.3 is 10.2 Å². The predicted molar refractivity (Wildman–Crippen MR) is 159 cm³/mol. The van der Waals surface area contributed by atoms with Gasteiger partial charge in [0.1, 0.15) is 6.04 Å². The fraction of sp³-hybridized carbons (Fsp3) is 0.219. The van der Waals surface area contributed by atoms with Crippen LogP contribution < -0.4 is 5.32 Å². The molecule has 0 saturated heterocycles. The van der Waals surface area contributed by atoms with E-state index >= 15 is 0 Å². The molecule has 0 spiro atoms. The SMILES string of the molecule is CS(=O)(=O)N(CC(=O)N(Cc1ccccc1)[C@H](Cc1ccccc1)C(=O)NCc1ccccn1)Cc1ccccc1. The van der Waals surface area contributed by atoms with Gasteiger partial charge in [-0.25, -0.2) is 8.42 Å². The van der Waals surface area contributed by atoms with Crippen molar-refractivity contribution in [2.75, 3.05) is 12.8 Å². The van der Waals surface area contributed by atoms with Crippen molar-refractivity contribution < 1.29 is 18.0 Å². The minimum atomic E-state index is -3.74. The molecule has 3 aromatic carbocycles. The average Bonchev–Trinajstić information content (AvgIpc) is 2.99. The van der Waals surface area contributed by atoms with E-state index in [9.17, 15) is 18.0 Å². The van der Waals surface area contributed by atoms with Gasteiger partial charge in [0.05, 0.1) is 25.0 Å². The molecule has 1 aromatic heterocycles. The van der Waals surface area contributed by atoms with Gasteiger partial charge in [0.15, 0.2) is 0 Å². The van der Waals surface area contributed by atoms with Gasteiger partial charge in [-0.1, -0.05) is 97.1 Å². The summed E-state index contributed by atoms with van der Waals surface area (Å²) in [5.41, 5.74) is 3.15. The van der Waals surface area contributed by atoms with Crippen LogP contribution in [-0.4, -0.2) is 53.3 Å². The molecule has 9 heteroatoms. The Bertz CT molecular complexity index is 1500. The minimum Gasteiger partial charge on any atom is -0.349 e. The number of pyridine rings is 1. The van der Waals surface area contributed by atoms with E-state index in [2.05, 4.69) is 10.3 Å². The molecule has 0 bridgehead atoms. The van der Waals surface area contributed by atoms with Gasteiger partial charge in [0.25, 0.3) is 0 Å². The largest absolute Gasteiger partial charge is 0.349 e. The highest BCUT2D eigenvalue weighted by atomic mass is 32.2. The first-order chi connectivity index (χ1) is 19.8. The fourth-order valence-electron chi connectivity index (χ4n) is 4.45. The van der Waals surface area contributed by atoms with Gasteiger partial charge in [0.2, 0.25) is 21.8 Å². The summed E-state index contributed by atoms with van der Waals surface area (Å²) in [5.74, 6) is -0.818. The number of amides is 2. The molecular weight excluding hydrogens is 536 g/mol. The van der Waals surface area contributed by atoms with Gasteiger partial charge in [-0.05, 0) is 28.8 Å². The Morgan fingerprint density at radius 2 is 1.29 bits per heavy atom. The maximum Gasteiger partial charge on any atom is 0.243 e. The lowest BCUT2D eigenvalue weighted by Gasteiger charge is -2.33. The quantitative estimate of drug-likeness (QED) is 0.264. The number of rotatable bonds is 13. The maximum atomic E-state index is 14.0. The van der Waals surface area contributed by atoms with Crippen LogP contribution in [0.25, 0.3) is 0 Å². The number of nitrogens with zero attached hydrogens (tertiary/aromatic N) is 3. The molecule has 0 radical (unpaired) electrons. The number of carbonyl (C=O) groups excluding carboxylic acids is 2. The molecule has 41 heavy (non-hydrogen) atoms. The monoisotopic (exact) mass is 570 g/mol. The van der Waals surface area contributed by atoms with Crippen LogP contribution in [0, 0.1) is 0 Å². The van der Waals surface area contributed by atoms with Crippen LogP contribution in [0.4, 0.5) is 0 Å². The summed E-state index contributed by atoms with van der Waals surface area (Å²) in [6.07, 6.45) is 3.00. The minimum absolute atomic E-state index is 0.0415. The Morgan fingerprint density at radius 1 is 0.756 bits per heavy atom. The Kier molecular flexibility index (Phi) is 10.4. The second-order valence-electron chi connectivity index (χ2n) is 9.77. The highest BCUT2D eigenvalue weighted by Crippen LogP contribution is 2.17. The highest BCUT2D eigenvalue weighted by molar-refractivity contribution is 7.88. The topological polar surface area (TPSA) is 99.7 Å². The number of benzene rings is 3. The lowest BCUT2D eigenvalue weighted by molar-refractivity contribution is -0.141. The van der Waals surface area contributed by atoms with Crippen LogP contribution in [0.3, 0.4) is 0 Å². The van der Waals surface area contributed by atoms with E-state index in [1.54, 1.807) is 12.3 Å². The molecular formula is C32H34N4O4S. The molecule has 4 aromatic rings. The smallest absolute Gasteiger partial charge is 0.243 e. The van der Waals surface area contributed by atoms with Crippen LogP contribution in [0.2, 0.25) is 0 Å². The van der Waals surface area contributed by atoms with Crippen molar-refractivity contribution >= 4 is 21.8 Å². The molecule has 0 aliphatic carbocycles. The summed E-state index contributed by atoms with van der Waals surface area (Å²) in [4.78, 5) is 33.6. The molecule has 1 N–H and O–H groups in total. The first-order valence-corrected chi connectivity index (χ1v) is 15.2. The van der Waals surface area contributed by atoms with Crippen molar-refractivity contribution in [3.05, 3.63) is 138 Å². The van der Waals surface area contributed by atoms with E-state index in [0.717, 1.165) is 27.3 Å². The molecule has 212 valence electrons. The Hall–Kier alpha value is -4.34. The second kappa shape index (κ2) is 14.3. The van der Waals surface area contributed by atoms with Crippen molar-refractivity contribution in [2.24, 2.45) is 0 Å². The number of hydrogen-bond acceptors (Lipinski definition) is 5. The summed E-state index contributed by atoms with van der Waals surface area (Å²) in [6, 6.07) is 32.5. The average molecular weight is 571 g/mol. The third-order valence-electron chi connectivity index (χ3n) is 6.62. The number of nitrogens with one attached hydrogen (secondary N) is 1. The number of hydrogen-bond donors (Lipinski definition) is 1. The molecule has 0 aliphatic rings. The molecule has 1 heterocycles. The molecule has 0 unspecified atom stereocenters. The van der Waals surface area contributed by atoms with Crippen molar-refractivity contribution in [1.82, 2.24) is 19.5 Å². The van der Waals surface area contributed by atoms with Crippen LogP contribution in [-0.2, 0) is 45.7 Å². The lowest BCUT2D eigenvalue weighted by atomic mass is 10.0. The lowest BCUT2D eigenvalue weighted by Crippen LogP contribution is -2.53. The van der Waals surface area contributed by atoms with Gasteiger partial charge in [-0.2, -0.15) is 4.31 Å². The number of sulfonamides is 1. The number of aromatic nitrogens is 1. The van der Waals surface area contributed by atoms with Crippen LogP contribution >= 0.6 is 0 Å². The zero-order chi connectivity index (χ0) is 29.1. The van der Waals surface area contributed by atoms with E-state index in [1.165, 1.54) is 4.90 Å². The van der Waals surface area contributed by atoms with Crippen LogP contribution in [0.15, 0.2) is 115 Å². The fourth-order valence-corrected chi connectivity index (χ4v) is 5.18. The molecule has 0 saturated carbocycles. The standard InChI is InChI=1S/C32H34N4O4S/c1-41(39,40)35(23-27-15-7-3-8-16-27)25-31(37)36(24-28-17-9-4-10-18-28)30(21-26-13-5-2-6-14-26)32(38)34-22-29-19-11-12-20-33-29/h2-20,30H,21-25H2,1H3,(H,34,38)/t30-/m1/s1. The van der Waals surface area contributed by atoms with Crippen molar-refractivity contribution in [1.29, 1.82) is 0 Å². The van der Waals surface area contributed by atoms with E-state index in [1.807, 2.05) is 103 Å². The van der Waals surface area contributed by atoms with Gasteiger partial charge in [0, 0.05) is 25.7 Å². The Balaban J connectivity index is 1.66. The summed E-state index contributed by atoms with van der Waals surface area (Å²) < 4.78 is 26.7. The zero-order valence-electron chi connectivity index (χ0n) is 23.0. The normalized spacial score (nSPS) is 12.0. The third kappa shape index (κ3) is 9.09. The van der Waals surface area contributed by atoms with Gasteiger partial charge >= 0.3 is 0 Å². The van der Waals surface area contributed by atoms with Crippen molar-refractivity contribution in [3.8, 4) is 0 Å². The Morgan fingerprint density at radius 3 is 1.83 bits per heavy atom. The molecule has 2 amide bonds. The van der Waals surface area contributed by atoms with Gasteiger partial charge in [-0.15, -0.1) is 0 Å². The van der Waals surface area contributed by atoms with Crippen molar-refractivity contribution in [3.63, 3.8) is 0 Å². The first kappa shape index (κ1) is 29.6.